The molecule has 10 atom stereocenters. The van der Waals surface area contributed by atoms with Crippen molar-refractivity contribution in [1.82, 2.24) is 0 Å². The van der Waals surface area contributed by atoms with Gasteiger partial charge in [0.15, 0.2) is 40.7 Å². The molecule has 2 aliphatic heterocycles. The highest BCUT2D eigenvalue weighted by molar-refractivity contribution is 5.91. The first-order chi connectivity index (χ1) is 21.4. The minimum absolute atomic E-state index is 0.131. The standard InChI is InChI=1S/C28H32O17/c1-40-13-3-2-9(4-10(13)31)14-5-11(32)18-12(33)6-15(21(36)25(18)41-14)42-28-26(23(38)20(35)17(8-30)44-28)45-27-24(39)22(37)19(34)16(7-29)43-27/h2-6,16-17,19-20,22-24,26-31,33-39H,7-8H2,1H3/t16-,17-,19-,20-,22-,23+,24-,26-,27-,28-/m1/s1. The number of hydrogen-bond acceptors (Lipinski definition) is 17. The van der Waals surface area contributed by atoms with E-state index in [1.165, 1.54) is 25.3 Å². The maximum absolute atomic E-state index is 12.9. The largest absolute Gasteiger partial charge is 0.507 e. The van der Waals surface area contributed by atoms with Crippen molar-refractivity contribution >= 4 is 11.0 Å². The number of aliphatic hydroxyl groups is 7. The molecule has 0 radical (unpaired) electrons. The third kappa shape index (κ3) is 5.98. The second-order valence-corrected chi connectivity index (χ2v) is 10.4. The van der Waals surface area contributed by atoms with Crippen molar-refractivity contribution in [2.75, 3.05) is 20.3 Å². The number of hydrogen-bond donors (Lipinski definition) is 10. The number of phenols is 3. The highest BCUT2D eigenvalue weighted by Crippen LogP contribution is 2.42. The molecule has 45 heavy (non-hydrogen) atoms. The zero-order valence-electron chi connectivity index (χ0n) is 23.4. The Morgan fingerprint density at radius 1 is 0.756 bits per heavy atom. The van der Waals surface area contributed by atoms with Crippen molar-refractivity contribution in [2.24, 2.45) is 0 Å². The van der Waals surface area contributed by atoms with Gasteiger partial charge in [-0.3, -0.25) is 4.79 Å². The van der Waals surface area contributed by atoms with Crippen LogP contribution in [-0.4, -0.2) is 133 Å². The van der Waals surface area contributed by atoms with Gasteiger partial charge in [0.05, 0.1) is 20.3 Å². The van der Waals surface area contributed by atoms with Crippen LogP contribution < -0.4 is 14.9 Å². The lowest BCUT2D eigenvalue weighted by atomic mass is 9.97. The van der Waals surface area contributed by atoms with Gasteiger partial charge in [-0.25, -0.2) is 0 Å². The molecule has 3 aromatic rings. The van der Waals surface area contributed by atoms with E-state index >= 15 is 0 Å². The predicted molar refractivity (Wildman–Crippen MR) is 146 cm³/mol. The average molecular weight is 641 g/mol. The number of aromatic hydroxyl groups is 3. The van der Waals surface area contributed by atoms with Gasteiger partial charge >= 0.3 is 0 Å². The third-order valence-corrected chi connectivity index (χ3v) is 7.59. The van der Waals surface area contributed by atoms with E-state index in [-0.39, 0.29) is 22.8 Å². The summed E-state index contributed by atoms with van der Waals surface area (Å²) in [5, 5.41) is 103. The normalized spacial score (nSPS) is 32.0. The quantitative estimate of drug-likeness (QED) is 0.115. The SMILES string of the molecule is COc1ccc(-c2cc(=O)c3c(O)cc(O[C@@H]4O[C@H](CO)[C@@H](O)[C@H](O)[C@H]4O[C@H]4O[C@H](CO)[C@@H](O)[C@@H](O)[C@H]4O)c(O)c3o2)cc1O. The number of benzene rings is 2. The van der Waals surface area contributed by atoms with Crippen LogP contribution in [0.25, 0.3) is 22.3 Å². The van der Waals surface area contributed by atoms with Crippen LogP contribution >= 0.6 is 0 Å². The molecule has 10 N–H and O–H groups in total. The van der Waals surface area contributed by atoms with Crippen LogP contribution in [0.3, 0.4) is 0 Å². The van der Waals surface area contributed by atoms with Gasteiger partial charge in [0.2, 0.25) is 12.0 Å². The van der Waals surface area contributed by atoms with Gasteiger partial charge in [0, 0.05) is 17.7 Å². The Morgan fingerprint density at radius 2 is 1.40 bits per heavy atom. The highest BCUT2D eigenvalue weighted by atomic mass is 16.8. The minimum Gasteiger partial charge on any atom is -0.507 e. The number of methoxy groups -OCH3 is 1. The predicted octanol–water partition coefficient (Wildman–Crippen LogP) is -2.41. The Labute approximate surface area is 252 Å². The lowest BCUT2D eigenvalue weighted by Gasteiger charge is -2.45. The van der Waals surface area contributed by atoms with Gasteiger partial charge < -0.3 is 79.2 Å². The second-order valence-electron chi connectivity index (χ2n) is 10.4. The molecule has 2 aromatic carbocycles. The lowest BCUT2D eigenvalue weighted by Crippen LogP contribution is -2.65. The van der Waals surface area contributed by atoms with Crippen LogP contribution in [0.4, 0.5) is 0 Å². The molecule has 0 unspecified atom stereocenters. The van der Waals surface area contributed by atoms with Crippen molar-refractivity contribution in [3.05, 3.63) is 40.6 Å². The van der Waals surface area contributed by atoms with Crippen molar-refractivity contribution < 1.29 is 79.2 Å². The second kappa shape index (κ2) is 12.9. The smallest absolute Gasteiger partial charge is 0.229 e. The summed E-state index contributed by atoms with van der Waals surface area (Å²) in [6.07, 6.45) is -17.6. The summed E-state index contributed by atoms with van der Waals surface area (Å²) < 4.78 is 32.9. The van der Waals surface area contributed by atoms with Crippen LogP contribution in [0.5, 0.6) is 28.7 Å². The number of phenolic OH excluding ortho intramolecular Hbond substituents is 3. The first kappa shape index (κ1) is 32.6. The summed E-state index contributed by atoms with van der Waals surface area (Å²) >= 11 is 0. The Morgan fingerprint density at radius 3 is 2.02 bits per heavy atom. The Bertz CT molecular complexity index is 1570. The van der Waals surface area contributed by atoms with Crippen LogP contribution in [0, 0.1) is 0 Å². The van der Waals surface area contributed by atoms with E-state index in [4.69, 9.17) is 28.1 Å². The van der Waals surface area contributed by atoms with Gasteiger partial charge in [-0.05, 0) is 18.2 Å². The molecular weight excluding hydrogens is 608 g/mol. The van der Waals surface area contributed by atoms with Gasteiger partial charge in [0.1, 0.15) is 59.6 Å². The molecule has 17 heteroatoms. The molecule has 5 rings (SSSR count). The number of aliphatic hydroxyl groups excluding tert-OH is 7. The zero-order chi connectivity index (χ0) is 32.7. The molecule has 0 spiro atoms. The van der Waals surface area contributed by atoms with Crippen molar-refractivity contribution in [3.63, 3.8) is 0 Å². The zero-order valence-corrected chi connectivity index (χ0v) is 23.4. The maximum atomic E-state index is 12.9. The van der Waals surface area contributed by atoms with E-state index in [1.807, 2.05) is 0 Å². The van der Waals surface area contributed by atoms with E-state index in [0.717, 1.165) is 12.1 Å². The number of rotatable bonds is 8. The molecule has 3 heterocycles. The van der Waals surface area contributed by atoms with Crippen LogP contribution in [0.15, 0.2) is 39.5 Å². The topological polar surface area (TPSA) is 279 Å². The molecule has 2 aliphatic rings. The van der Waals surface area contributed by atoms with E-state index in [9.17, 15) is 55.9 Å². The van der Waals surface area contributed by atoms with Crippen LogP contribution in [0.2, 0.25) is 0 Å². The minimum atomic E-state index is -1.92. The molecule has 0 amide bonds. The number of ether oxygens (including phenoxy) is 5. The average Bonchev–Trinajstić information content (AvgIpc) is 3.02. The first-order valence-electron chi connectivity index (χ1n) is 13.5. The molecule has 0 aliphatic carbocycles. The molecule has 17 nitrogen and oxygen atoms in total. The molecule has 246 valence electrons. The first-order valence-corrected chi connectivity index (χ1v) is 13.5. The third-order valence-electron chi connectivity index (χ3n) is 7.59. The maximum Gasteiger partial charge on any atom is 0.229 e. The van der Waals surface area contributed by atoms with Gasteiger partial charge in [-0.15, -0.1) is 0 Å². The Balaban J connectivity index is 1.52. The fourth-order valence-electron chi connectivity index (χ4n) is 5.11. The van der Waals surface area contributed by atoms with E-state index < -0.39 is 108 Å². The monoisotopic (exact) mass is 640 g/mol. The van der Waals surface area contributed by atoms with E-state index in [1.54, 1.807) is 0 Å². The molecule has 1 aromatic heterocycles. The highest BCUT2D eigenvalue weighted by Gasteiger charge is 2.51. The number of fused-ring (bicyclic) bond motifs is 1. The molecular formula is C28H32O17. The van der Waals surface area contributed by atoms with Gasteiger partial charge in [0.25, 0.3) is 0 Å². The lowest BCUT2D eigenvalue weighted by molar-refractivity contribution is -0.358. The molecule has 2 saturated heterocycles. The van der Waals surface area contributed by atoms with Crippen molar-refractivity contribution in [3.8, 4) is 40.1 Å². The fourth-order valence-corrected chi connectivity index (χ4v) is 5.11. The van der Waals surface area contributed by atoms with E-state index in [0.29, 0.717) is 0 Å². The van der Waals surface area contributed by atoms with Crippen molar-refractivity contribution in [1.29, 1.82) is 0 Å². The Kier molecular flexibility index (Phi) is 9.38. The summed E-state index contributed by atoms with van der Waals surface area (Å²) in [4.78, 5) is 12.9. The van der Waals surface area contributed by atoms with E-state index in [2.05, 4.69) is 0 Å². The molecule has 0 saturated carbocycles. The van der Waals surface area contributed by atoms with Gasteiger partial charge in [-0.1, -0.05) is 0 Å². The Hall–Kier alpha value is -3.75. The van der Waals surface area contributed by atoms with Gasteiger partial charge in [-0.2, -0.15) is 0 Å². The fraction of sp³-hybridized carbons (Fsp3) is 0.464. The summed E-state index contributed by atoms with van der Waals surface area (Å²) in [6.45, 7) is -1.62. The molecule has 2 fully saturated rings. The summed E-state index contributed by atoms with van der Waals surface area (Å²) in [6, 6.07) is 5.94. The molecule has 0 bridgehead atoms. The summed E-state index contributed by atoms with van der Waals surface area (Å²) in [5.74, 6) is -2.41. The van der Waals surface area contributed by atoms with Crippen LogP contribution in [0.1, 0.15) is 0 Å². The van der Waals surface area contributed by atoms with Crippen LogP contribution in [-0.2, 0) is 14.2 Å². The summed E-state index contributed by atoms with van der Waals surface area (Å²) in [5.41, 5.74) is -1.13. The summed E-state index contributed by atoms with van der Waals surface area (Å²) in [7, 11) is 1.34. The van der Waals surface area contributed by atoms with Crippen molar-refractivity contribution in [2.45, 2.75) is 61.4 Å².